The highest BCUT2D eigenvalue weighted by Crippen LogP contribution is 2.31. The molecule has 0 unspecified atom stereocenters. The maximum Gasteiger partial charge on any atom is 0.322 e. The van der Waals surface area contributed by atoms with Gasteiger partial charge in [0.05, 0.1) is 18.8 Å². The molecule has 0 radical (unpaired) electrons. The number of anilines is 2. The number of nitriles is 1. The summed E-state index contributed by atoms with van der Waals surface area (Å²) in [6.07, 6.45) is 8.27. The van der Waals surface area contributed by atoms with E-state index in [-0.39, 0.29) is 18.1 Å². The lowest BCUT2D eigenvalue weighted by atomic mass is 9.89. The summed E-state index contributed by atoms with van der Waals surface area (Å²) < 4.78 is 5.45. The number of amides is 2. The molecular weight excluding hydrogens is 474 g/mol. The minimum Gasteiger partial charge on any atom is -0.377 e. The van der Waals surface area contributed by atoms with Crippen LogP contribution in [0.4, 0.5) is 16.3 Å². The van der Waals surface area contributed by atoms with Crippen LogP contribution in [-0.2, 0) is 11.3 Å². The lowest BCUT2D eigenvalue weighted by molar-refractivity contribution is 0.161. The zero-order valence-electron chi connectivity index (χ0n) is 21.5. The highest BCUT2D eigenvalue weighted by atomic mass is 16.5. The third-order valence-corrected chi connectivity index (χ3v) is 7.29. The number of carbonyl (C=O) groups is 1. The lowest BCUT2D eigenvalue weighted by Crippen LogP contribution is -2.48. The van der Waals surface area contributed by atoms with Crippen LogP contribution >= 0.6 is 0 Å². The molecule has 0 saturated heterocycles. The number of rotatable bonds is 7. The van der Waals surface area contributed by atoms with Crippen LogP contribution in [0, 0.1) is 11.3 Å². The third-order valence-electron chi connectivity index (χ3n) is 7.29. The fourth-order valence-corrected chi connectivity index (χ4v) is 5.21. The second-order valence-electron chi connectivity index (χ2n) is 9.81. The van der Waals surface area contributed by atoms with Crippen LogP contribution < -0.4 is 15.5 Å². The Morgan fingerprint density at radius 3 is 2.47 bits per heavy atom. The van der Waals surface area contributed by atoms with Gasteiger partial charge in [0.25, 0.3) is 0 Å². The number of ether oxygens (including phenoxy) is 1. The van der Waals surface area contributed by atoms with Gasteiger partial charge < -0.3 is 15.4 Å². The summed E-state index contributed by atoms with van der Waals surface area (Å²) in [6.45, 7) is 1.89. The van der Waals surface area contributed by atoms with Crippen LogP contribution in [0.5, 0.6) is 0 Å². The Balaban J connectivity index is 1.28. The molecule has 38 heavy (non-hydrogen) atoms. The Morgan fingerprint density at radius 2 is 1.82 bits per heavy atom. The van der Waals surface area contributed by atoms with Gasteiger partial charge in [-0.15, -0.1) is 0 Å². The molecule has 2 N–H and O–H groups in total. The van der Waals surface area contributed by atoms with Gasteiger partial charge in [-0.3, -0.25) is 4.90 Å². The van der Waals surface area contributed by atoms with Crippen molar-refractivity contribution in [3.63, 3.8) is 0 Å². The summed E-state index contributed by atoms with van der Waals surface area (Å²) in [4.78, 5) is 19.9. The first-order valence-electron chi connectivity index (χ1n) is 13.3. The van der Waals surface area contributed by atoms with Gasteiger partial charge in [-0.1, -0.05) is 48.5 Å². The summed E-state index contributed by atoms with van der Waals surface area (Å²) in [5.41, 5.74) is 5.02. The van der Waals surface area contributed by atoms with Crippen molar-refractivity contribution in [1.29, 1.82) is 5.26 Å². The van der Waals surface area contributed by atoms with E-state index in [9.17, 15) is 4.79 Å². The number of carbonyl (C=O) groups excluding carboxylic acids is 1. The Hall–Kier alpha value is -4.15. The minimum atomic E-state index is -0.0722. The van der Waals surface area contributed by atoms with E-state index in [1.54, 1.807) is 12.3 Å². The number of hydrogen-bond donors (Lipinski definition) is 2. The molecule has 7 heteroatoms. The Bertz CT molecular complexity index is 1270. The maximum absolute atomic E-state index is 13.6. The molecule has 194 valence electrons. The summed E-state index contributed by atoms with van der Waals surface area (Å²) >= 11 is 0. The van der Waals surface area contributed by atoms with E-state index >= 15 is 0 Å². The van der Waals surface area contributed by atoms with E-state index in [0.717, 1.165) is 55.8 Å². The van der Waals surface area contributed by atoms with E-state index in [1.807, 2.05) is 41.3 Å². The quantitative estimate of drug-likeness (QED) is 0.416. The molecule has 1 aliphatic carbocycles. The monoisotopic (exact) mass is 507 g/mol. The molecule has 2 amide bonds. The van der Waals surface area contributed by atoms with Crippen LogP contribution in [-0.4, -0.2) is 36.3 Å². The molecule has 3 aromatic rings. The highest BCUT2D eigenvalue weighted by molar-refractivity contribution is 5.92. The highest BCUT2D eigenvalue weighted by Gasteiger charge is 2.30. The summed E-state index contributed by atoms with van der Waals surface area (Å²) in [5, 5.41) is 15.6. The fourth-order valence-electron chi connectivity index (χ4n) is 5.21. The van der Waals surface area contributed by atoms with Crippen LogP contribution in [0.3, 0.4) is 0 Å². The van der Waals surface area contributed by atoms with Crippen molar-refractivity contribution in [2.24, 2.45) is 0 Å². The first-order valence-corrected chi connectivity index (χ1v) is 13.3. The molecule has 5 rings (SSSR count). The smallest absolute Gasteiger partial charge is 0.322 e. The van der Waals surface area contributed by atoms with E-state index in [4.69, 9.17) is 10.00 Å². The summed E-state index contributed by atoms with van der Waals surface area (Å²) in [5.74, 6) is 0.780. The normalized spacial score (nSPS) is 19.1. The van der Waals surface area contributed by atoms with Crippen molar-refractivity contribution in [2.75, 3.05) is 23.4 Å². The SMILES string of the molecule is N#Cc1ccc(N[C@H]2CC[C@H](N(C(=O)NCc3ccccc3)c3ccc(C4=CCOCC4)cc3)CC2)nc1. The zero-order chi connectivity index (χ0) is 26.2. The second kappa shape index (κ2) is 12.4. The van der Waals surface area contributed by atoms with Crippen LogP contribution in [0.2, 0.25) is 0 Å². The first-order chi connectivity index (χ1) is 18.7. The second-order valence-corrected chi connectivity index (χ2v) is 9.81. The number of benzene rings is 2. The molecule has 0 spiro atoms. The average molecular weight is 508 g/mol. The van der Waals surface area contributed by atoms with E-state index in [1.165, 1.54) is 11.1 Å². The molecular formula is C31H33N5O2. The summed E-state index contributed by atoms with van der Waals surface area (Å²) in [7, 11) is 0. The van der Waals surface area contributed by atoms with Crippen LogP contribution in [0.25, 0.3) is 5.57 Å². The number of urea groups is 1. The third kappa shape index (κ3) is 6.39. The molecule has 1 aliphatic heterocycles. The van der Waals surface area contributed by atoms with Gasteiger partial charge in [-0.25, -0.2) is 9.78 Å². The molecule has 1 fully saturated rings. The minimum absolute atomic E-state index is 0.0722. The molecule has 2 heterocycles. The number of nitrogens with zero attached hydrogens (tertiary/aromatic N) is 3. The van der Waals surface area contributed by atoms with Gasteiger partial charge in [0.1, 0.15) is 11.9 Å². The van der Waals surface area contributed by atoms with Gasteiger partial charge in [-0.05, 0) is 73.1 Å². The zero-order valence-corrected chi connectivity index (χ0v) is 21.5. The number of pyridine rings is 1. The van der Waals surface area contributed by atoms with Crippen molar-refractivity contribution < 1.29 is 9.53 Å². The standard InChI is InChI=1S/C31H33N5O2/c32-20-24-6-15-30(33-22-24)35-27-9-13-29(14-10-27)36(31(37)34-21-23-4-2-1-3-5-23)28-11-7-25(8-12-28)26-16-18-38-19-17-26/h1-8,11-12,15-16,22,27,29H,9-10,13-14,17-19,21H2,(H,33,35)(H,34,37)/t27-,29-. The summed E-state index contributed by atoms with van der Waals surface area (Å²) in [6, 6.07) is 24.4. The van der Waals surface area contributed by atoms with Crippen molar-refractivity contribution in [3.8, 4) is 6.07 Å². The molecule has 7 nitrogen and oxygen atoms in total. The molecule has 0 atom stereocenters. The first kappa shape index (κ1) is 25.5. The van der Waals surface area contributed by atoms with E-state index in [0.29, 0.717) is 18.7 Å². The maximum atomic E-state index is 13.6. The fraction of sp³-hybridized carbons (Fsp3) is 0.323. The molecule has 1 saturated carbocycles. The predicted octanol–water partition coefficient (Wildman–Crippen LogP) is 5.90. The Morgan fingerprint density at radius 1 is 1.03 bits per heavy atom. The van der Waals surface area contributed by atoms with Gasteiger partial charge in [-0.2, -0.15) is 5.26 Å². The Labute approximate surface area is 224 Å². The predicted molar refractivity (Wildman–Crippen MR) is 150 cm³/mol. The Kier molecular flexibility index (Phi) is 8.32. The van der Waals surface area contributed by atoms with Crippen LogP contribution in [0.1, 0.15) is 48.8 Å². The van der Waals surface area contributed by atoms with Gasteiger partial charge in [0.15, 0.2) is 0 Å². The van der Waals surface area contributed by atoms with Gasteiger partial charge in [0, 0.05) is 30.5 Å². The van der Waals surface area contributed by atoms with Crippen molar-refractivity contribution in [1.82, 2.24) is 10.3 Å². The van der Waals surface area contributed by atoms with Crippen LogP contribution in [0.15, 0.2) is 79.0 Å². The van der Waals surface area contributed by atoms with E-state index < -0.39 is 0 Å². The number of aromatic nitrogens is 1. The van der Waals surface area contributed by atoms with Crippen molar-refractivity contribution in [2.45, 2.75) is 50.7 Å². The van der Waals surface area contributed by atoms with Crippen molar-refractivity contribution in [3.05, 3.63) is 95.7 Å². The van der Waals surface area contributed by atoms with E-state index in [2.05, 4.69) is 52.0 Å². The number of hydrogen-bond acceptors (Lipinski definition) is 5. The topological polar surface area (TPSA) is 90.3 Å². The molecule has 1 aromatic heterocycles. The van der Waals surface area contributed by atoms with Crippen molar-refractivity contribution >= 4 is 23.1 Å². The van der Waals surface area contributed by atoms with Gasteiger partial charge >= 0.3 is 6.03 Å². The largest absolute Gasteiger partial charge is 0.377 e. The number of nitrogens with one attached hydrogen (secondary N) is 2. The average Bonchev–Trinajstić information content (AvgIpc) is 2.99. The molecule has 2 aromatic carbocycles. The molecule has 0 bridgehead atoms. The lowest BCUT2D eigenvalue weighted by Gasteiger charge is -2.37. The molecule has 2 aliphatic rings. The van der Waals surface area contributed by atoms with Gasteiger partial charge in [0.2, 0.25) is 0 Å².